The summed E-state index contributed by atoms with van der Waals surface area (Å²) in [4.78, 5) is 25.5. The van der Waals surface area contributed by atoms with E-state index in [1.54, 1.807) is 23.1 Å². The number of anilines is 2. The fourth-order valence-corrected chi connectivity index (χ4v) is 2.41. The lowest BCUT2D eigenvalue weighted by Crippen LogP contribution is -2.35. The SMILES string of the molecule is COc1cc(NC(=O)C(CN)OC)ccc1N1CCCC1=O. The standard InChI is InChI=1S/C15H21N3O4/c1-21-12-8-10(17-15(20)13(9-16)22-2)5-6-11(12)18-7-3-4-14(18)19/h5-6,8,13H,3-4,7,9,16H2,1-2H3,(H,17,20). The third-order valence-electron chi connectivity index (χ3n) is 3.60. The van der Waals surface area contributed by atoms with Crippen molar-refractivity contribution in [1.82, 2.24) is 0 Å². The van der Waals surface area contributed by atoms with Gasteiger partial charge in [-0.1, -0.05) is 0 Å². The predicted molar refractivity (Wildman–Crippen MR) is 83.1 cm³/mol. The first-order valence-electron chi connectivity index (χ1n) is 7.12. The highest BCUT2D eigenvalue weighted by Gasteiger charge is 2.25. The molecule has 2 amide bonds. The van der Waals surface area contributed by atoms with Gasteiger partial charge in [-0.05, 0) is 18.6 Å². The summed E-state index contributed by atoms with van der Waals surface area (Å²) in [6.07, 6.45) is 0.686. The second-order valence-corrected chi connectivity index (χ2v) is 4.98. The molecule has 0 bridgehead atoms. The van der Waals surface area contributed by atoms with Crippen LogP contribution < -0.4 is 20.7 Å². The van der Waals surface area contributed by atoms with Crippen LogP contribution in [0.2, 0.25) is 0 Å². The zero-order valence-electron chi connectivity index (χ0n) is 12.8. The van der Waals surface area contributed by atoms with Crippen LogP contribution in [0.5, 0.6) is 5.75 Å². The normalized spacial score (nSPS) is 15.8. The molecule has 1 fully saturated rings. The molecule has 1 aromatic carbocycles. The second-order valence-electron chi connectivity index (χ2n) is 4.98. The number of benzene rings is 1. The maximum Gasteiger partial charge on any atom is 0.254 e. The van der Waals surface area contributed by atoms with Crippen LogP contribution in [0.25, 0.3) is 0 Å². The number of hydrogen-bond donors (Lipinski definition) is 2. The van der Waals surface area contributed by atoms with E-state index in [0.717, 1.165) is 6.42 Å². The van der Waals surface area contributed by atoms with Gasteiger partial charge in [0.1, 0.15) is 11.9 Å². The van der Waals surface area contributed by atoms with E-state index in [9.17, 15) is 9.59 Å². The Kier molecular flexibility index (Phi) is 5.35. The molecule has 0 saturated carbocycles. The Morgan fingerprint density at radius 1 is 1.45 bits per heavy atom. The molecule has 1 unspecified atom stereocenters. The highest BCUT2D eigenvalue weighted by Crippen LogP contribution is 2.33. The molecule has 1 heterocycles. The van der Waals surface area contributed by atoms with Crippen molar-refractivity contribution < 1.29 is 19.1 Å². The van der Waals surface area contributed by atoms with E-state index in [1.807, 2.05) is 0 Å². The first-order chi connectivity index (χ1) is 10.6. The van der Waals surface area contributed by atoms with Crippen LogP contribution in [0.15, 0.2) is 18.2 Å². The molecule has 1 aromatic rings. The number of methoxy groups -OCH3 is 2. The number of ether oxygens (including phenoxy) is 2. The van der Waals surface area contributed by atoms with Crippen LogP contribution in [0.4, 0.5) is 11.4 Å². The van der Waals surface area contributed by atoms with Crippen molar-refractivity contribution in [2.75, 3.05) is 37.5 Å². The molecule has 22 heavy (non-hydrogen) atoms. The summed E-state index contributed by atoms with van der Waals surface area (Å²) in [5.74, 6) is 0.296. The summed E-state index contributed by atoms with van der Waals surface area (Å²) < 4.78 is 10.3. The Morgan fingerprint density at radius 3 is 2.77 bits per heavy atom. The minimum Gasteiger partial charge on any atom is -0.494 e. The Balaban J connectivity index is 2.18. The lowest BCUT2D eigenvalue weighted by Gasteiger charge is -2.20. The number of carbonyl (C=O) groups excluding carboxylic acids is 2. The predicted octanol–water partition coefficient (Wildman–Crippen LogP) is 0.734. The summed E-state index contributed by atoms with van der Waals surface area (Å²) in [5, 5.41) is 2.72. The highest BCUT2D eigenvalue weighted by atomic mass is 16.5. The quantitative estimate of drug-likeness (QED) is 0.808. The molecule has 1 saturated heterocycles. The van der Waals surface area contributed by atoms with E-state index in [4.69, 9.17) is 15.2 Å². The van der Waals surface area contributed by atoms with E-state index in [2.05, 4.69) is 5.32 Å². The molecule has 3 N–H and O–H groups in total. The van der Waals surface area contributed by atoms with Crippen LogP contribution in [-0.2, 0) is 14.3 Å². The van der Waals surface area contributed by atoms with Gasteiger partial charge in [0.05, 0.1) is 12.8 Å². The van der Waals surface area contributed by atoms with Crippen molar-refractivity contribution in [3.05, 3.63) is 18.2 Å². The van der Waals surface area contributed by atoms with Gasteiger partial charge in [-0.15, -0.1) is 0 Å². The molecule has 7 heteroatoms. The molecule has 0 aliphatic carbocycles. The lowest BCUT2D eigenvalue weighted by molar-refractivity contribution is -0.125. The molecule has 7 nitrogen and oxygen atoms in total. The highest BCUT2D eigenvalue weighted by molar-refractivity contribution is 5.98. The van der Waals surface area contributed by atoms with E-state index in [-0.39, 0.29) is 18.4 Å². The number of amides is 2. The van der Waals surface area contributed by atoms with Gasteiger partial charge < -0.3 is 25.4 Å². The van der Waals surface area contributed by atoms with Crippen molar-refractivity contribution in [2.24, 2.45) is 5.73 Å². The molecule has 1 aliphatic rings. The van der Waals surface area contributed by atoms with Gasteiger partial charge in [0.25, 0.3) is 5.91 Å². The fourth-order valence-electron chi connectivity index (χ4n) is 2.41. The molecule has 0 radical (unpaired) electrons. The van der Waals surface area contributed by atoms with Crippen molar-refractivity contribution in [2.45, 2.75) is 18.9 Å². The summed E-state index contributed by atoms with van der Waals surface area (Å²) in [7, 11) is 2.96. The van der Waals surface area contributed by atoms with Crippen LogP contribution in [0, 0.1) is 0 Å². The van der Waals surface area contributed by atoms with Gasteiger partial charge in [0.15, 0.2) is 0 Å². The fraction of sp³-hybridized carbons (Fsp3) is 0.467. The third-order valence-corrected chi connectivity index (χ3v) is 3.60. The van der Waals surface area contributed by atoms with E-state index in [1.165, 1.54) is 14.2 Å². The molecule has 1 aliphatic heterocycles. The Hall–Kier alpha value is -2.12. The zero-order chi connectivity index (χ0) is 16.1. The Morgan fingerprint density at radius 2 is 2.23 bits per heavy atom. The summed E-state index contributed by atoms with van der Waals surface area (Å²) in [6.45, 7) is 0.777. The number of nitrogens with zero attached hydrogens (tertiary/aromatic N) is 1. The van der Waals surface area contributed by atoms with Gasteiger partial charge in [-0.2, -0.15) is 0 Å². The van der Waals surface area contributed by atoms with Gasteiger partial charge in [0, 0.05) is 38.4 Å². The number of nitrogens with one attached hydrogen (secondary N) is 1. The molecule has 120 valence electrons. The Bertz CT molecular complexity index is 558. The average Bonchev–Trinajstić information content (AvgIpc) is 2.94. The zero-order valence-corrected chi connectivity index (χ0v) is 12.8. The van der Waals surface area contributed by atoms with Gasteiger partial charge in [-0.3, -0.25) is 9.59 Å². The molecule has 2 rings (SSSR count). The van der Waals surface area contributed by atoms with Crippen molar-refractivity contribution in [1.29, 1.82) is 0 Å². The molecular weight excluding hydrogens is 286 g/mol. The maximum absolute atomic E-state index is 11.9. The van der Waals surface area contributed by atoms with Gasteiger partial charge >= 0.3 is 0 Å². The van der Waals surface area contributed by atoms with Crippen molar-refractivity contribution in [3.8, 4) is 5.75 Å². The number of rotatable bonds is 6. The molecule has 0 aromatic heterocycles. The smallest absolute Gasteiger partial charge is 0.254 e. The van der Waals surface area contributed by atoms with Crippen LogP contribution >= 0.6 is 0 Å². The van der Waals surface area contributed by atoms with E-state index < -0.39 is 6.10 Å². The van der Waals surface area contributed by atoms with E-state index in [0.29, 0.717) is 30.1 Å². The second kappa shape index (κ2) is 7.24. The average molecular weight is 307 g/mol. The summed E-state index contributed by atoms with van der Waals surface area (Å²) in [5.41, 5.74) is 6.74. The summed E-state index contributed by atoms with van der Waals surface area (Å²) in [6, 6.07) is 5.18. The van der Waals surface area contributed by atoms with Crippen molar-refractivity contribution >= 4 is 23.2 Å². The first kappa shape index (κ1) is 16.3. The topological polar surface area (TPSA) is 93.9 Å². The van der Waals surface area contributed by atoms with E-state index >= 15 is 0 Å². The lowest BCUT2D eigenvalue weighted by atomic mass is 10.2. The Labute approximate surface area is 129 Å². The van der Waals surface area contributed by atoms with Gasteiger partial charge in [-0.25, -0.2) is 0 Å². The summed E-state index contributed by atoms with van der Waals surface area (Å²) >= 11 is 0. The third kappa shape index (κ3) is 3.37. The van der Waals surface area contributed by atoms with Crippen LogP contribution in [0.3, 0.4) is 0 Å². The van der Waals surface area contributed by atoms with Crippen molar-refractivity contribution in [3.63, 3.8) is 0 Å². The van der Waals surface area contributed by atoms with Crippen LogP contribution in [-0.4, -0.2) is 45.2 Å². The molecule has 0 spiro atoms. The monoisotopic (exact) mass is 307 g/mol. The number of nitrogens with two attached hydrogens (primary N) is 1. The number of hydrogen-bond acceptors (Lipinski definition) is 5. The largest absolute Gasteiger partial charge is 0.494 e. The minimum absolute atomic E-state index is 0.0812. The van der Waals surface area contributed by atoms with Gasteiger partial charge in [0.2, 0.25) is 5.91 Å². The first-order valence-corrected chi connectivity index (χ1v) is 7.12. The van der Waals surface area contributed by atoms with Crippen LogP contribution in [0.1, 0.15) is 12.8 Å². The molecule has 1 atom stereocenters. The number of carbonyl (C=O) groups is 2. The molecular formula is C15H21N3O4. The minimum atomic E-state index is -0.703. The maximum atomic E-state index is 11.9.